The molecule has 2 aliphatic rings. The van der Waals surface area contributed by atoms with E-state index in [2.05, 4.69) is 77.5 Å². The van der Waals surface area contributed by atoms with E-state index >= 15 is 0 Å². The second-order valence-corrected chi connectivity index (χ2v) is 15.7. The Hall–Kier alpha value is -5.83. The number of halogens is 1. The molecule has 0 amide bonds. The molecular weight excluding hydrogens is 760 g/mol. The lowest BCUT2D eigenvalue weighted by Crippen LogP contribution is -2.54. The normalized spacial score (nSPS) is 17.0. The van der Waals surface area contributed by atoms with Crippen LogP contribution in [0.4, 0.5) is 11.4 Å². The molecule has 8 aromatic rings. The Labute approximate surface area is 349 Å². The molecule has 2 saturated heterocycles. The Morgan fingerprint density at radius 3 is 1.81 bits per heavy atom. The maximum Gasteiger partial charge on any atom is 0.161 e. The van der Waals surface area contributed by atoms with E-state index in [0.717, 1.165) is 118 Å². The van der Waals surface area contributed by atoms with Gasteiger partial charge in [0, 0.05) is 62.1 Å². The highest BCUT2D eigenvalue weighted by Crippen LogP contribution is 2.30. The summed E-state index contributed by atoms with van der Waals surface area (Å²) in [6, 6.07) is 15.2. The lowest BCUT2D eigenvalue weighted by atomic mass is 10.1. The molecule has 2 fully saturated rings. The first-order valence-corrected chi connectivity index (χ1v) is 20.8. The Morgan fingerprint density at radius 1 is 0.627 bits per heavy atom. The van der Waals surface area contributed by atoms with Gasteiger partial charge in [-0.2, -0.15) is 10.2 Å². The molecule has 0 bridgehead atoms. The maximum atomic E-state index is 6.63. The molecule has 8 aromatic heterocycles. The first-order chi connectivity index (χ1) is 28.5. The quantitative estimate of drug-likeness (QED) is 0.186. The summed E-state index contributed by atoms with van der Waals surface area (Å²) in [4.78, 5) is 32.5. The summed E-state index contributed by atoms with van der Waals surface area (Å²) < 4.78 is 3.62. The molecule has 2 N–H and O–H groups in total. The van der Waals surface area contributed by atoms with Crippen LogP contribution in [0.15, 0.2) is 67.3 Å². The van der Waals surface area contributed by atoms with Crippen LogP contribution >= 0.6 is 11.6 Å². The Morgan fingerprint density at radius 2 is 1.19 bits per heavy atom. The molecular formula is C44H51ClN14. The molecule has 10 heterocycles. The van der Waals surface area contributed by atoms with E-state index in [-0.39, 0.29) is 0 Å². The van der Waals surface area contributed by atoms with Crippen molar-refractivity contribution < 1.29 is 0 Å². The second-order valence-electron chi connectivity index (χ2n) is 15.3. The van der Waals surface area contributed by atoms with Crippen molar-refractivity contribution in [3.8, 4) is 22.8 Å². The van der Waals surface area contributed by atoms with Gasteiger partial charge in [0.25, 0.3) is 0 Å². The predicted molar refractivity (Wildman–Crippen MR) is 238 cm³/mol. The molecule has 2 unspecified atom stereocenters. The fourth-order valence-corrected chi connectivity index (χ4v) is 8.12. The number of aryl methyl sites for hydroxylation is 4. The van der Waals surface area contributed by atoms with Gasteiger partial charge in [-0.15, -0.1) is 0 Å². The lowest BCUT2D eigenvalue weighted by Gasteiger charge is -2.37. The minimum absolute atomic E-state index is 0.464. The molecule has 59 heavy (non-hydrogen) atoms. The zero-order valence-electron chi connectivity index (χ0n) is 35.0. The summed E-state index contributed by atoms with van der Waals surface area (Å²) in [7, 11) is 0. The number of imidazole rings is 2. The zero-order chi connectivity index (χ0) is 41.4. The number of rotatable bonds is 4. The van der Waals surface area contributed by atoms with Gasteiger partial charge in [-0.1, -0.05) is 25.4 Å². The first-order valence-electron chi connectivity index (χ1n) is 20.4. The van der Waals surface area contributed by atoms with Gasteiger partial charge in [0.15, 0.2) is 22.6 Å². The van der Waals surface area contributed by atoms with Crippen LogP contribution in [0.1, 0.15) is 50.2 Å². The summed E-state index contributed by atoms with van der Waals surface area (Å²) in [5.41, 5.74) is 12.4. The van der Waals surface area contributed by atoms with Crippen LogP contribution in [0.5, 0.6) is 0 Å². The fourth-order valence-electron chi connectivity index (χ4n) is 7.88. The van der Waals surface area contributed by atoms with Gasteiger partial charge in [0.2, 0.25) is 0 Å². The number of nitrogens with one attached hydrogen (secondary N) is 2. The van der Waals surface area contributed by atoms with Crippen LogP contribution < -0.4 is 20.4 Å². The Kier molecular flexibility index (Phi) is 11.4. The number of nitrogens with zero attached hydrogens (tertiary/aromatic N) is 12. The molecule has 10 rings (SSSR count). The average molecular weight is 811 g/mol. The Bertz CT molecular complexity index is 2780. The third kappa shape index (κ3) is 8.38. The van der Waals surface area contributed by atoms with Crippen LogP contribution in [0.3, 0.4) is 0 Å². The third-order valence-electron chi connectivity index (χ3n) is 10.5. The minimum Gasteiger partial charge on any atom is -0.368 e. The number of aromatic nitrogens is 10. The zero-order valence-corrected chi connectivity index (χ0v) is 35.7. The number of hydrogen-bond donors (Lipinski definition) is 2. The lowest BCUT2D eigenvalue weighted by molar-refractivity contribution is 0.407. The van der Waals surface area contributed by atoms with E-state index in [9.17, 15) is 0 Å². The monoisotopic (exact) mass is 810 g/mol. The molecule has 2 aliphatic heterocycles. The number of piperazine rings is 2. The standard InChI is InChI=1S/C22H25N7.C20H20ClN7.C2H6/c1-13-7-20(27-29-12-16(4)25-22(13)29)19-6-5-17-8-18(9-23-21(17)26-19)28-10-14(2)24-15(3)11-28;1-12-7-18(26-28-11-13(2)24-20(12)28)17-9-16(21)15-8-14(10-23-19(15)25-17)27-5-3-22-4-6-27;1-2/h5-9,12,14-15,24H,10-11H2,1-4H3;7-11,22H,3-6H2,1-2H3;1-2H3. The summed E-state index contributed by atoms with van der Waals surface area (Å²) in [5, 5.41) is 18.8. The van der Waals surface area contributed by atoms with E-state index in [1.807, 2.05) is 95.1 Å². The van der Waals surface area contributed by atoms with Crippen LogP contribution in [-0.2, 0) is 0 Å². The van der Waals surface area contributed by atoms with Gasteiger partial charge < -0.3 is 20.4 Å². The molecule has 0 spiro atoms. The predicted octanol–water partition coefficient (Wildman–Crippen LogP) is 7.19. The highest BCUT2D eigenvalue weighted by atomic mass is 35.5. The molecule has 304 valence electrons. The van der Waals surface area contributed by atoms with Crippen LogP contribution in [0.2, 0.25) is 5.02 Å². The van der Waals surface area contributed by atoms with Gasteiger partial charge in [-0.3, -0.25) is 0 Å². The van der Waals surface area contributed by atoms with E-state index in [1.54, 1.807) is 4.52 Å². The highest BCUT2D eigenvalue weighted by Gasteiger charge is 2.22. The topological polar surface area (TPSA) is 142 Å². The fraction of sp³-hybridized carbons (Fsp3) is 0.364. The largest absolute Gasteiger partial charge is 0.368 e. The average Bonchev–Trinajstić information content (AvgIpc) is 3.82. The molecule has 2 atom stereocenters. The van der Waals surface area contributed by atoms with Crippen LogP contribution in [-0.4, -0.2) is 100 Å². The van der Waals surface area contributed by atoms with Crippen molar-refractivity contribution in [3.05, 3.63) is 94.8 Å². The summed E-state index contributed by atoms with van der Waals surface area (Å²) in [6.45, 7) is 22.3. The van der Waals surface area contributed by atoms with Crippen molar-refractivity contribution in [2.24, 2.45) is 0 Å². The van der Waals surface area contributed by atoms with Gasteiger partial charge in [-0.05, 0) is 95.1 Å². The van der Waals surface area contributed by atoms with Gasteiger partial charge in [0.05, 0.1) is 64.0 Å². The van der Waals surface area contributed by atoms with Crippen molar-refractivity contribution in [2.45, 2.75) is 67.5 Å². The summed E-state index contributed by atoms with van der Waals surface area (Å²) >= 11 is 6.63. The third-order valence-corrected chi connectivity index (χ3v) is 10.8. The smallest absolute Gasteiger partial charge is 0.161 e. The van der Waals surface area contributed by atoms with E-state index < -0.39 is 0 Å². The molecule has 0 saturated carbocycles. The number of hydrogen-bond acceptors (Lipinski definition) is 12. The van der Waals surface area contributed by atoms with Gasteiger partial charge in [-0.25, -0.2) is 38.9 Å². The highest BCUT2D eigenvalue weighted by molar-refractivity contribution is 6.35. The van der Waals surface area contributed by atoms with Crippen molar-refractivity contribution >= 4 is 56.3 Å². The molecule has 0 aromatic carbocycles. The van der Waals surface area contributed by atoms with Crippen LogP contribution in [0.25, 0.3) is 56.1 Å². The summed E-state index contributed by atoms with van der Waals surface area (Å²) in [6.07, 6.45) is 7.66. The first kappa shape index (κ1) is 40.0. The Balaban J connectivity index is 0.000000158. The van der Waals surface area contributed by atoms with Crippen molar-refractivity contribution in [3.63, 3.8) is 0 Å². The molecule has 0 aliphatic carbocycles. The SMILES string of the molecule is CC.Cc1cn2nc(-c3cc(Cl)c4cc(N5CCNCC5)cnc4n3)cc(C)c2n1.Cc1cn2nc(-c3ccc4cc(N5CC(C)NC(C)C5)cnc4n3)cc(C)c2n1. The van der Waals surface area contributed by atoms with Crippen molar-refractivity contribution in [1.29, 1.82) is 0 Å². The molecule has 0 radical (unpaired) electrons. The van der Waals surface area contributed by atoms with Gasteiger partial charge in [0.1, 0.15) is 11.4 Å². The van der Waals surface area contributed by atoms with Gasteiger partial charge >= 0.3 is 0 Å². The van der Waals surface area contributed by atoms with Crippen molar-refractivity contribution in [1.82, 2.24) is 59.8 Å². The maximum absolute atomic E-state index is 6.63. The number of fused-ring (bicyclic) bond motifs is 4. The second kappa shape index (κ2) is 16.8. The summed E-state index contributed by atoms with van der Waals surface area (Å²) in [5.74, 6) is 0. The minimum atomic E-state index is 0.464. The molecule has 15 heteroatoms. The molecule has 14 nitrogen and oxygen atoms in total. The van der Waals surface area contributed by atoms with E-state index in [4.69, 9.17) is 26.7 Å². The van der Waals surface area contributed by atoms with Crippen molar-refractivity contribution in [2.75, 3.05) is 49.1 Å². The van der Waals surface area contributed by atoms with E-state index in [0.29, 0.717) is 28.4 Å². The number of anilines is 2. The van der Waals surface area contributed by atoms with E-state index in [1.165, 1.54) is 0 Å². The van der Waals surface area contributed by atoms with Crippen LogP contribution in [0, 0.1) is 27.7 Å². The number of pyridine rings is 4.